The zero-order valence-electron chi connectivity index (χ0n) is 7.93. The average molecular weight is 214 g/mol. The molecule has 0 aromatic carbocycles. The normalized spacial score (nSPS) is 11.8. The third-order valence-electron chi connectivity index (χ3n) is 1.53. The van der Waals surface area contributed by atoms with Crippen molar-refractivity contribution >= 4 is 12.0 Å². The molecule has 0 aliphatic rings. The fourth-order valence-corrected chi connectivity index (χ4v) is 0.739. The van der Waals surface area contributed by atoms with E-state index in [-0.39, 0.29) is 6.54 Å². The van der Waals surface area contributed by atoms with E-state index in [0.717, 1.165) is 6.39 Å². The number of carbonyl (C=O) groups excluding carboxylic acids is 1. The third-order valence-corrected chi connectivity index (χ3v) is 1.53. The maximum Gasteiger partial charge on any atom is 0.325 e. The molecular formula is C7H10N4O4. The van der Waals surface area contributed by atoms with Crippen LogP contribution in [0.3, 0.4) is 0 Å². The van der Waals surface area contributed by atoms with Gasteiger partial charge in [-0.1, -0.05) is 5.16 Å². The van der Waals surface area contributed by atoms with Gasteiger partial charge in [-0.3, -0.25) is 4.79 Å². The van der Waals surface area contributed by atoms with Crippen molar-refractivity contribution in [1.82, 2.24) is 20.8 Å². The Labute approximate surface area is 84.7 Å². The lowest BCUT2D eigenvalue weighted by Crippen LogP contribution is -2.44. The molecule has 0 radical (unpaired) electrons. The Kier molecular flexibility index (Phi) is 3.61. The topological polar surface area (TPSA) is 117 Å². The summed E-state index contributed by atoms with van der Waals surface area (Å²) < 4.78 is 4.44. The van der Waals surface area contributed by atoms with Gasteiger partial charge in [-0.2, -0.15) is 4.98 Å². The molecule has 0 bridgehead atoms. The summed E-state index contributed by atoms with van der Waals surface area (Å²) >= 11 is 0. The summed E-state index contributed by atoms with van der Waals surface area (Å²) in [5.41, 5.74) is 0. The number of urea groups is 1. The Bertz CT molecular complexity index is 337. The highest BCUT2D eigenvalue weighted by Gasteiger charge is 2.13. The smallest absolute Gasteiger partial charge is 0.325 e. The highest BCUT2D eigenvalue weighted by molar-refractivity contribution is 5.81. The molecule has 3 N–H and O–H groups in total. The number of aliphatic carboxylic acids is 1. The van der Waals surface area contributed by atoms with Gasteiger partial charge in [-0.05, 0) is 6.92 Å². The number of nitrogens with zero attached hydrogens (tertiary/aromatic N) is 2. The van der Waals surface area contributed by atoms with Crippen molar-refractivity contribution in [3.8, 4) is 0 Å². The Morgan fingerprint density at radius 3 is 2.93 bits per heavy atom. The predicted octanol–water partition coefficient (Wildman–Crippen LogP) is -0.658. The Morgan fingerprint density at radius 1 is 1.67 bits per heavy atom. The number of nitrogens with one attached hydrogen (secondary N) is 2. The molecule has 1 aromatic heterocycles. The molecule has 15 heavy (non-hydrogen) atoms. The van der Waals surface area contributed by atoms with Crippen LogP contribution in [0.25, 0.3) is 0 Å². The number of carboxylic acid groups (broad SMARTS) is 1. The third kappa shape index (κ3) is 3.63. The van der Waals surface area contributed by atoms with Crippen molar-refractivity contribution in [3.63, 3.8) is 0 Å². The highest BCUT2D eigenvalue weighted by atomic mass is 16.5. The molecule has 8 nitrogen and oxygen atoms in total. The van der Waals surface area contributed by atoms with Gasteiger partial charge in [-0.15, -0.1) is 0 Å². The largest absolute Gasteiger partial charge is 0.480 e. The van der Waals surface area contributed by atoms with Crippen LogP contribution in [0, 0.1) is 0 Å². The van der Waals surface area contributed by atoms with Crippen molar-refractivity contribution in [2.75, 3.05) is 0 Å². The Morgan fingerprint density at radius 2 is 2.40 bits per heavy atom. The first kappa shape index (κ1) is 11.0. The van der Waals surface area contributed by atoms with E-state index in [4.69, 9.17) is 5.11 Å². The summed E-state index contributed by atoms with van der Waals surface area (Å²) in [6, 6.07) is -1.55. The number of amides is 2. The summed E-state index contributed by atoms with van der Waals surface area (Å²) in [5, 5.41) is 16.5. The fourth-order valence-electron chi connectivity index (χ4n) is 0.739. The van der Waals surface area contributed by atoms with Crippen LogP contribution in [-0.2, 0) is 11.3 Å². The molecule has 1 atom stereocenters. The molecule has 0 saturated heterocycles. The highest BCUT2D eigenvalue weighted by Crippen LogP contribution is 1.87. The van der Waals surface area contributed by atoms with Crippen molar-refractivity contribution in [1.29, 1.82) is 0 Å². The minimum Gasteiger partial charge on any atom is -0.480 e. The van der Waals surface area contributed by atoms with Crippen LogP contribution >= 0.6 is 0 Å². The van der Waals surface area contributed by atoms with Crippen molar-refractivity contribution in [3.05, 3.63) is 12.2 Å². The molecule has 1 rings (SSSR count). The van der Waals surface area contributed by atoms with E-state index in [1.807, 2.05) is 0 Å². The van der Waals surface area contributed by atoms with Gasteiger partial charge in [-0.25, -0.2) is 4.79 Å². The van der Waals surface area contributed by atoms with Gasteiger partial charge in [0.1, 0.15) is 6.04 Å². The molecule has 82 valence electrons. The van der Waals surface area contributed by atoms with Crippen LogP contribution in [0.2, 0.25) is 0 Å². The van der Waals surface area contributed by atoms with Crippen LogP contribution in [0.1, 0.15) is 12.7 Å². The molecule has 8 heteroatoms. The fraction of sp³-hybridized carbons (Fsp3) is 0.429. The number of rotatable bonds is 4. The van der Waals surface area contributed by atoms with E-state index in [0.29, 0.717) is 5.82 Å². The van der Waals surface area contributed by atoms with Crippen LogP contribution in [0.15, 0.2) is 10.9 Å². The van der Waals surface area contributed by atoms with E-state index in [1.54, 1.807) is 0 Å². The van der Waals surface area contributed by atoms with Crippen molar-refractivity contribution in [2.45, 2.75) is 19.5 Å². The molecule has 0 aliphatic carbocycles. The van der Waals surface area contributed by atoms with Crippen LogP contribution in [0.4, 0.5) is 4.79 Å². The van der Waals surface area contributed by atoms with Gasteiger partial charge in [0.15, 0.2) is 5.82 Å². The van der Waals surface area contributed by atoms with Gasteiger partial charge >= 0.3 is 12.0 Å². The minimum atomic E-state index is -1.11. The molecule has 0 saturated carbocycles. The standard InChI is InChI=1S/C7H10N4O4/c1-4(6(12)13)10-7(14)8-2-5-9-3-15-11-5/h3-4H,2H2,1H3,(H,12,13)(H2,8,10,14)/t4-/m1/s1. The van der Waals surface area contributed by atoms with Crippen molar-refractivity contribution in [2.24, 2.45) is 0 Å². The van der Waals surface area contributed by atoms with E-state index in [9.17, 15) is 9.59 Å². The van der Waals surface area contributed by atoms with Gasteiger partial charge in [0, 0.05) is 0 Å². The van der Waals surface area contributed by atoms with Crippen LogP contribution in [0.5, 0.6) is 0 Å². The summed E-state index contributed by atoms with van der Waals surface area (Å²) in [6.07, 6.45) is 1.13. The minimum absolute atomic E-state index is 0.0780. The van der Waals surface area contributed by atoms with Crippen LogP contribution < -0.4 is 10.6 Å². The predicted molar refractivity (Wildman–Crippen MR) is 46.8 cm³/mol. The second-order valence-corrected chi connectivity index (χ2v) is 2.73. The first-order chi connectivity index (χ1) is 7.09. The SMILES string of the molecule is C[C@@H](NC(=O)NCc1ncon1)C(=O)O. The van der Waals surface area contributed by atoms with E-state index >= 15 is 0 Å². The molecule has 0 fully saturated rings. The lowest BCUT2D eigenvalue weighted by Gasteiger charge is -2.09. The lowest BCUT2D eigenvalue weighted by molar-refractivity contribution is -0.138. The molecule has 0 unspecified atom stereocenters. The van der Waals surface area contributed by atoms with Crippen LogP contribution in [-0.4, -0.2) is 33.3 Å². The zero-order valence-corrected chi connectivity index (χ0v) is 7.93. The summed E-state index contributed by atoms with van der Waals surface area (Å²) in [6.45, 7) is 1.44. The van der Waals surface area contributed by atoms with E-state index in [1.165, 1.54) is 6.92 Å². The number of carboxylic acids is 1. The summed E-state index contributed by atoms with van der Waals surface area (Å²) in [7, 11) is 0. The summed E-state index contributed by atoms with van der Waals surface area (Å²) in [4.78, 5) is 25.1. The zero-order chi connectivity index (χ0) is 11.3. The Balaban J connectivity index is 2.28. The van der Waals surface area contributed by atoms with Gasteiger partial charge in [0.25, 0.3) is 0 Å². The lowest BCUT2D eigenvalue weighted by atomic mass is 10.3. The first-order valence-electron chi connectivity index (χ1n) is 4.12. The number of hydrogen-bond acceptors (Lipinski definition) is 5. The number of aromatic nitrogens is 2. The number of hydrogen-bond donors (Lipinski definition) is 3. The molecule has 0 spiro atoms. The molecule has 1 heterocycles. The number of carbonyl (C=O) groups is 2. The maximum atomic E-state index is 11.1. The van der Waals surface area contributed by atoms with Gasteiger partial charge in [0.2, 0.25) is 6.39 Å². The summed E-state index contributed by atoms with van der Waals surface area (Å²) in [5.74, 6) is -0.794. The van der Waals surface area contributed by atoms with E-state index in [2.05, 4.69) is 25.3 Å². The van der Waals surface area contributed by atoms with Crippen molar-refractivity contribution < 1.29 is 19.2 Å². The molecule has 0 aliphatic heterocycles. The maximum absolute atomic E-state index is 11.1. The Hall–Kier alpha value is -2.12. The second kappa shape index (κ2) is 4.94. The molecular weight excluding hydrogens is 204 g/mol. The van der Waals surface area contributed by atoms with Gasteiger partial charge in [0.05, 0.1) is 6.54 Å². The monoisotopic (exact) mass is 214 g/mol. The average Bonchev–Trinajstić information content (AvgIpc) is 2.66. The first-order valence-corrected chi connectivity index (χ1v) is 4.12. The van der Waals surface area contributed by atoms with E-state index < -0.39 is 18.0 Å². The quantitative estimate of drug-likeness (QED) is 0.612. The van der Waals surface area contributed by atoms with Gasteiger partial charge < -0.3 is 20.3 Å². The molecule has 2 amide bonds. The molecule has 1 aromatic rings. The second-order valence-electron chi connectivity index (χ2n) is 2.73.